The summed E-state index contributed by atoms with van der Waals surface area (Å²) >= 11 is 0. The molecular weight excluding hydrogens is 188 g/mol. The van der Waals surface area contributed by atoms with Crippen molar-refractivity contribution in [3.05, 3.63) is 0 Å². The molecule has 1 unspecified atom stereocenters. The maximum atomic E-state index is 5.95. The molecule has 0 heterocycles. The molecule has 1 rings (SSSR count). The van der Waals surface area contributed by atoms with Gasteiger partial charge in [-0.25, -0.2) is 0 Å². The van der Waals surface area contributed by atoms with Gasteiger partial charge in [0.15, 0.2) is 0 Å². The Hall–Kier alpha value is -0.120. The second kappa shape index (κ2) is 5.83. The van der Waals surface area contributed by atoms with Gasteiger partial charge in [0.2, 0.25) is 0 Å². The zero-order chi connectivity index (χ0) is 11.3. The van der Waals surface area contributed by atoms with Gasteiger partial charge < -0.3 is 10.5 Å². The summed E-state index contributed by atoms with van der Waals surface area (Å²) in [5.41, 5.74) is 6.12. The Morgan fingerprint density at radius 1 is 1.47 bits per heavy atom. The van der Waals surface area contributed by atoms with E-state index in [2.05, 4.69) is 18.7 Å². The van der Waals surface area contributed by atoms with Crippen LogP contribution in [-0.2, 0) is 4.74 Å². The maximum absolute atomic E-state index is 5.95. The molecule has 0 radical (unpaired) electrons. The van der Waals surface area contributed by atoms with Gasteiger partial charge in [-0.2, -0.15) is 0 Å². The molecule has 0 amide bonds. The van der Waals surface area contributed by atoms with Crippen molar-refractivity contribution in [2.75, 3.05) is 33.4 Å². The second-order valence-electron chi connectivity index (χ2n) is 4.92. The predicted octanol–water partition coefficient (Wildman–Crippen LogP) is 1.47. The summed E-state index contributed by atoms with van der Waals surface area (Å²) in [5, 5.41) is 0. The van der Waals surface area contributed by atoms with Gasteiger partial charge in [0, 0.05) is 25.7 Å². The summed E-state index contributed by atoms with van der Waals surface area (Å²) in [6.45, 7) is 8.10. The molecule has 1 atom stereocenters. The predicted molar refractivity (Wildman–Crippen MR) is 63.9 cm³/mol. The van der Waals surface area contributed by atoms with Crippen molar-refractivity contribution in [2.45, 2.75) is 38.6 Å². The summed E-state index contributed by atoms with van der Waals surface area (Å²) in [5.74, 6) is 0.926. The Balaban J connectivity index is 2.49. The Bertz CT molecular complexity index is 182. The van der Waals surface area contributed by atoms with E-state index in [1.807, 2.05) is 0 Å². The summed E-state index contributed by atoms with van der Waals surface area (Å²) < 4.78 is 5.15. The van der Waals surface area contributed by atoms with E-state index in [0.29, 0.717) is 0 Å². The van der Waals surface area contributed by atoms with Crippen LogP contribution >= 0.6 is 0 Å². The van der Waals surface area contributed by atoms with Crippen molar-refractivity contribution in [3.63, 3.8) is 0 Å². The number of rotatable bonds is 8. The van der Waals surface area contributed by atoms with Gasteiger partial charge >= 0.3 is 0 Å². The van der Waals surface area contributed by atoms with Gasteiger partial charge in [-0.3, -0.25) is 4.90 Å². The third-order valence-corrected chi connectivity index (χ3v) is 3.58. The van der Waals surface area contributed by atoms with E-state index in [4.69, 9.17) is 10.5 Å². The first kappa shape index (κ1) is 12.9. The van der Waals surface area contributed by atoms with Crippen LogP contribution in [0.1, 0.15) is 33.1 Å². The first-order valence-electron chi connectivity index (χ1n) is 6.10. The number of hydrogen-bond donors (Lipinski definition) is 1. The van der Waals surface area contributed by atoms with Crippen molar-refractivity contribution < 1.29 is 4.74 Å². The van der Waals surface area contributed by atoms with Crippen molar-refractivity contribution in [1.29, 1.82) is 0 Å². The highest BCUT2D eigenvalue weighted by Gasteiger charge is 2.35. The Labute approximate surface area is 94.0 Å². The number of likely N-dealkylation sites (N-methyl/N-ethyl adjacent to an activating group) is 1. The Morgan fingerprint density at radius 3 is 2.53 bits per heavy atom. The molecule has 0 aromatic rings. The van der Waals surface area contributed by atoms with E-state index in [-0.39, 0.29) is 5.54 Å². The van der Waals surface area contributed by atoms with Crippen molar-refractivity contribution in [1.82, 2.24) is 4.90 Å². The van der Waals surface area contributed by atoms with Gasteiger partial charge in [-0.1, -0.05) is 19.8 Å². The van der Waals surface area contributed by atoms with Gasteiger partial charge in [0.05, 0.1) is 6.61 Å². The third kappa shape index (κ3) is 3.74. The highest BCUT2D eigenvalue weighted by atomic mass is 16.5. The fraction of sp³-hybridized carbons (Fsp3) is 1.00. The van der Waals surface area contributed by atoms with E-state index in [0.717, 1.165) is 32.2 Å². The van der Waals surface area contributed by atoms with Crippen molar-refractivity contribution >= 4 is 0 Å². The van der Waals surface area contributed by atoms with Crippen LogP contribution in [0, 0.1) is 5.92 Å². The van der Waals surface area contributed by atoms with E-state index in [9.17, 15) is 0 Å². The minimum Gasteiger partial charge on any atom is -0.383 e. The number of hydrogen-bond acceptors (Lipinski definition) is 3. The van der Waals surface area contributed by atoms with E-state index in [1.165, 1.54) is 19.3 Å². The van der Waals surface area contributed by atoms with E-state index < -0.39 is 0 Å². The van der Waals surface area contributed by atoms with Gasteiger partial charge in [0.1, 0.15) is 0 Å². The van der Waals surface area contributed by atoms with Crippen LogP contribution in [0.15, 0.2) is 0 Å². The van der Waals surface area contributed by atoms with Gasteiger partial charge in [-0.15, -0.1) is 0 Å². The van der Waals surface area contributed by atoms with Crippen LogP contribution < -0.4 is 5.73 Å². The third-order valence-electron chi connectivity index (χ3n) is 3.58. The molecule has 1 aliphatic rings. The molecule has 0 aliphatic heterocycles. The lowest BCUT2D eigenvalue weighted by molar-refractivity contribution is 0.0661. The van der Waals surface area contributed by atoms with Crippen molar-refractivity contribution in [3.8, 4) is 0 Å². The molecule has 15 heavy (non-hydrogen) atoms. The largest absolute Gasteiger partial charge is 0.383 e. The fourth-order valence-electron chi connectivity index (χ4n) is 2.30. The van der Waals surface area contributed by atoms with Crippen LogP contribution in [-0.4, -0.2) is 43.8 Å². The van der Waals surface area contributed by atoms with E-state index >= 15 is 0 Å². The lowest BCUT2D eigenvalue weighted by atomic mass is 9.92. The van der Waals surface area contributed by atoms with Crippen LogP contribution in [0.2, 0.25) is 0 Å². The SMILES string of the molecule is CCN(CCOC)C(C)(CN)CC1CC1. The first-order valence-corrected chi connectivity index (χ1v) is 6.10. The second-order valence-corrected chi connectivity index (χ2v) is 4.92. The summed E-state index contributed by atoms with van der Waals surface area (Å²) in [6, 6.07) is 0. The molecule has 0 aromatic carbocycles. The molecule has 0 saturated heterocycles. The first-order chi connectivity index (χ1) is 7.16. The molecule has 2 N–H and O–H groups in total. The van der Waals surface area contributed by atoms with E-state index in [1.54, 1.807) is 7.11 Å². The summed E-state index contributed by atoms with van der Waals surface area (Å²) in [7, 11) is 1.76. The van der Waals surface area contributed by atoms with Crippen LogP contribution in [0.5, 0.6) is 0 Å². The number of methoxy groups -OCH3 is 1. The summed E-state index contributed by atoms with van der Waals surface area (Å²) in [6.07, 6.45) is 4.05. The van der Waals surface area contributed by atoms with Crippen LogP contribution in [0.25, 0.3) is 0 Å². The van der Waals surface area contributed by atoms with Crippen LogP contribution in [0.3, 0.4) is 0 Å². The Kier molecular flexibility index (Phi) is 5.03. The molecule has 0 aromatic heterocycles. The van der Waals surface area contributed by atoms with Crippen LogP contribution in [0.4, 0.5) is 0 Å². The standard InChI is InChI=1S/C12H26N2O/c1-4-14(7-8-15-3)12(2,10-13)9-11-5-6-11/h11H,4-10,13H2,1-3H3. The highest BCUT2D eigenvalue weighted by molar-refractivity contribution is 4.92. The molecule has 90 valence electrons. The number of nitrogens with zero attached hydrogens (tertiary/aromatic N) is 1. The topological polar surface area (TPSA) is 38.5 Å². The summed E-state index contributed by atoms with van der Waals surface area (Å²) in [4.78, 5) is 2.47. The normalized spacial score (nSPS) is 20.6. The quantitative estimate of drug-likeness (QED) is 0.665. The molecular formula is C12H26N2O. The average molecular weight is 214 g/mol. The molecule has 0 bridgehead atoms. The van der Waals surface area contributed by atoms with Crippen molar-refractivity contribution in [2.24, 2.45) is 11.7 Å². The monoisotopic (exact) mass is 214 g/mol. The average Bonchev–Trinajstić information content (AvgIpc) is 3.02. The zero-order valence-corrected chi connectivity index (χ0v) is 10.5. The lowest BCUT2D eigenvalue weighted by Gasteiger charge is -2.40. The smallest absolute Gasteiger partial charge is 0.0589 e. The molecule has 1 saturated carbocycles. The molecule has 3 heteroatoms. The fourth-order valence-corrected chi connectivity index (χ4v) is 2.30. The molecule has 1 aliphatic carbocycles. The maximum Gasteiger partial charge on any atom is 0.0589 e. The van der Waals surface area contributed by atoms with Gasteiger partial charge in [0.25, 0.3) is 0 Å². The Morgan fingerprint density at radius 2 is 2.13 bits per heavy atom. The lowest BCUT2D eigenvalue weighted by Crippen LogP contribution is -2.53. The highest BCUT2D eigenvalue weighted by Crippen LogP contribution is 2.38. The molecule has 1 fully saturated rings. The number of ether oxygens (including phenoxy) is 1. The molecule has 3 nitrogen and oxygen atoms in total. The number of nitrogens with two attached hydrogens (primary N) is 1. The zero-order valence-electron chi connectivity index (χ0n) is 10.5. The minimum atomic E-state index is 0.175. The molecule has 0 spiro atoms. The minimum absolute atomic E-state index is 0.175. The van der Waals surface area contributed by atoms with Gasteiger partial charge in [-0.05, 0) is 25.8 Å².